The van der Waals surface area contributed by atoms with Crippen molar-refractivity contribution in [2.75, 3.05) is 5.32 Å². The van der Waals surface area contributed by atoms with E-state index in [2.05, 4.69) is 0 Å². The van der Waals surface area contributed by atoms with Crippen LogP contribution in [-0.4, -0.2) is 5.91 Å². The predicted octanol–water partition coefficient (Wildman–Crippen LogP) is 5.81. The minimum absolute atomic E-state index is 0.109. The van der Waals surface area contributed by atoms with Gasteiger partial charge in [-0.05, 0) is 23.1 Å². The van der Waals surface area contributed by atoms with Crippen LogP contribution in [0.25, 0.3) is 0 Å². The highest BCUT2D eigenvalue weighted by atomic mass is 19.4. The molecule has 0 fully saturated rings. The average Bonchev–Trinajstić information content (AvgIpc) is 2.55. The van der Waals surface area contributed by atoms with Crippen LogP contribution in [0.15, 0.2) is 24.3 Å². The van der Waals surface area contributed by atoms with Gasteiger partial charge in [0.2, 0.25) is 0 Å². The normalized spacial score (nSPS) is 12.2. The summed E-state index contributed by atoms with van der Waals surface area (Å²) in [6, 6.07) is 5.75. The van der Waals surface area contributed by atoms with Crippen LogP contribution in [0.2, 0.25) is 0 Å². The molecule has 2 aromatic rings. The SMILES string of the molecule is CC(C)(C)c1ccc(C(=O)Nc2c(F)c(F)c(C(F)(F)F)c(F)c2F)cc1. The standard InChI is InChI=1S/C18H14F7NO/c1-17(2,3)9-6-4-8(5-7-9)16(27)26-15-13(21)11(19)10(18(23,24)25)12(20)14(15)22/h4-7H,1-3H3,(H,26,27). The Morgan fingerprint density at radius 1 is 0.815 bits per heavy atom. The molecule has 0 aliphatic rings. The first kappa shape index (κ1) is 20.7. The number of hydrogen-bond acceptors (Lipinski definition) is 1. The fourth-order valence-corrected chi connectivity index (χ4v) is 2.30. The number of hydrogen-bond donors (Lipinski definition) is 1. The lowest BCUT2D eigenvalue weighted by Crippen LogP contribution is -2.20. The summed E-state index contributed by atoms with van der Waals surface area (Å²) in [5, 5.41) is 1.58. The molecule has 0 heterocycles. The number of amides is 1. The number of anilines is 1. The lowest BCUT2D eigenvalue weighted by molar-refractivity contribution is -0.143. The van der Waals surface area contributed by atoms with Gasteiger partial charge >= 0.3 is 6.18 Å². The summed E-state index contributed by atoms with van der Waals surface area (Å²) in [5.74, 6) is -11.1. The largest absolute Gasteiger partial charge is 0.422 e. The molecule has 0 spiro atoms. The number of benzene rings is 2. The Morgan fingerprint density at radius 2 is 1.26 bits per heavy atom. The van der Waals surface area contributed by atoms with Crippen LogP contribution in [0.4, 0.5) is 36.4 Å². The lowest BCUT2D eigenvalue weighted by Gasteiger charge is -2.19. The van der Waals surface area contributed by atoms with Crippen LogP contribution in [0.3, 0.4) is 0 Å². The van der Waals surface area contributed by atoms with Gasteiger partial charge in [-0.25, -0.2) is 17.6 Å². The van der Waals surface area contributed by atoms with Crippen LogP contribution >= 0.6 is 0 Å². The summed E-state index contributed by atoms with van der Waals surface area (Å²) in [5.41, 5.74) is -3.86. The maximum absolute atomic E-state index is 13.8. The van der Waals surface area contributed by atoms with Gasteiger partial charge in [-0.1, -0.05) is 32.9 Å². The van der Waals surface area contributed by atoms with Gasteiger partial charge < -0.3 is 5.32 Å². The first-order chi connectivity index (χ1) is 12.2. The molecule has 0 aromatic heterocycles. The van der Waals surface area contributed by atoms with E-state index >= 15 is 0 Å². The van der Waals surface area contributed by atoms with Crippen molar-refractivity contribution in [3.63, 3.8) is 0 Å². The number of alkyl halides is 3. The van der Waals surface area contributed by atoms with Gasteiger partial charge in [0, 0.05) is 5.56 Å². The predicted molar refractivity (Wildman–Crippen MR) is 84.4 cm³/mol. The Hall–Kier alpha value is -2.58. The maximum atomic E-state index is 13.8. The van der Waals surface area contributed by atoms with E-state index in [-0.39, 0.29) is 11.0 Å². The van der Waals surface area contributed by atoms with E-state index in [0.29, 0.717) is 0 Å². The van der Waals surface area contributed by atoms with E-state index in [1.54, 1.807) is 17.4 Å². The molecule has 0 aliphatic carbocycles. The quantitative estimate of drug-likeness (QED) is 0.506. The van der Waals surface area contributed by atoms with Gasteiger partial charge in [-0.15, -0.1) is 0 Å². The molecule has 1 amide bonds. The Labute approximate surface area is 150 Å². The van der Waals surface area contributed by atoms with Crippen molar-refractivity contribution in [1.29, 1.82) is 0 Å². The van der Waals surface area contributed by atoms with E-state index in [4.69, 9.17) is 0 Å². The highest BCUT2D eigenvalue weighted by Crippen LogP contribution is 2.38. The van der Waals surface area contributed by atoms with Crippen LogP contribution in [0.5, 0.6) is 0 Å². The molecular formula is C18H14F7NO. The van der Waals surface area contributed by atoms with Crippen LogP contribution < -0.4 is 5.32 Å². The molecule has 27 heavy (non-hydrogen) atoms. The van der Waals surface area contributed by atoms with Gasteiger partial charge in [0.05, 0.1) is 0 Å². The van der Waals surface area contributed by atoms with Gasteiger partial charge in [0.1, 0.15) is 11.3 Å². The summed E-state index contributed by atoms with van der Waals surface area (Å²) >= 11 is 0. The molecule has 0 radical (unpaired) electrons. The number of rotatable bonds is 2. The van der Waals surface area contributed by atoms with Crippen molar-refractivity contribution in [2.24, 2.45) is 0 Å². The highest BCUT2D eigenvalue weighted by molar-refractivity contribution is 6.04. The molecule has 0 saturated heterocycles. The first-order valence-electron chi connectivity index (χ1n) is 7.60. The second-order valence-corrected chi connectivity index (χ2v) is 6.79. The maximum Gasteiger partial charge on any atom is 0.422 e. The fourth-order valence-electron chi connectivity index (χ4n) is 2.30. The Morgan fingerprint density at radius 3 is 1.63 bits per heavy atom. The molecule has 146 valence electrons. The number of halogens is 7. The monoisotopic (exact) mass is 393 g/mol. The zero-order valence-corrected chi connectivity index (χ0v) is 14.4. The van der Waals surface area contributed by atoms with Crippen LogP contribution in [0.1, 0.15) is 42.3 Å². The molecule has 0 saturated carbocycles. The van der Waals surface area contributed by atoms with Gasteiger partial charge in [-0.3, -0.25) is 4.79 Å². The van der Waals surface area contributed by atoms with E-state index in [0.717, 1.165) is 5.56 Å². The summed E-state index contributed by atoms with van der Waals surface area (Å²) in [6.07, 6.45) is -5.65. The summed E-state index contributed by atoms with van der Waals surface area (Å²) < 4.78 is 92.5. The number of carbonyl (C=O) groups is 1. The molecule has 2 aromatic carbocycles. The van der Waals surface area contributed by atoms with Crippen LogP contribution in [-0.2, 0) is 11.6 Å². The van der Waals surface area contributed by atoms with Crippen molar-refractivity contribution in [1.82, 2.24) is 0 Å². The topological polar surface area (TPSA) is 29.1 Å². The Balaban J connectivity index is 2.42. The van der Waals surface area contributed by atoms with Crippen molar-refractivity contribution >= 4 is 11.6 Å². The second-order valence-electron chi connectivity index (χ2n) is 6.79. The van der Waals surface area contributed by atoms with E-state index in [1.807, 2.05) is 20.8 Å². The number of carbonyl (C=O) groups excluding carboxylic acids is 1. The summed E-state index contributed by atoms with van der Waals surface area (Å²) in [4.78, 5) is 12.1. The first-order valence-corrected chi connectivity index (χ1v) is 7.60. The Bertz CT molecular complexity index is 852. The molecule has 1 N–H and O–H groups in total. The molecule has 0 bridgehead atoms. The van der Waals surface area contributed by atoms with Crippen molar-refractivity contribution in [3.8, 4) is 0 Å². The third-order valence-electron chi connectivity index (χ3n) is 3.80. The average molecular weight is 393 g/mol. The fraction of sp³-hybridized carbons (Fsp3) is 0.278. The molecule has 9 heteroatoms. The van der Waals surface area contributed by atoms with Crippen LogP contribution in [0, 0.1) is 23.3 Å². The molecule has 0 atom stereocenters. The lowest BCUT2D eigenvalue weighted by atomic mass is 9.87. The second kappa shape index (κ2) is 6.86. The molecule has 2 rings (SSSR count). The summed E-state index contributed by atoms with van der Waals surface area (Å²) in [6.45, 7) is 5.71. The van der Waals surface area contributed by atoms with Crippen molar-refractivity contribution in [2.45, 2.75) is 32.4 Å². The zero-order valence-electron chi connectivity index (χ0n) is 14.4. The number of nitrogens with one attached hydrogen (secondary N) is 1. The smallest absolute Gasteiger partial charge is 0.317 e. The molecule has 0 aliphatic heterocycles. The zero-order chi connectivity index (χ0) is 20.7. The third kappa shape index (κ3) is 4.06. The van der Waals surface area contributed by atoms with E-state index in [9.17, 15) is 35.5 Å². The van der Waals surface area contributed by atoms with Gasteiger partial charge in [0.25, 0.3) is 5.91 Å². The molecule has 0 unspecified atom stereocenters. The summed E-state index contributed by atoms with van der Waals surface area (Å²) in [7, 11) is 0. The minimum atomic E-state index is -5.65. The molecular weight excluding hydrogens is 379 g/mol. The van der Waals surface area contributed by atoms with Crippen molar-refractivity contribution in [3.05, 3.63) is 64.2 Å². The van der Waals surface area contributed by atoms with Gasteiger partial charge in [0.15, 0.2) is 23.3 Å². The van der Waals surface area contributed by atoms with Crippen molar-refractivity contribution < 1.29 is 35.5 Å². The Kier molecular flexibility index (Phi) is 5.27. The van der Waals surface area contributed by atoms with E-state index < -0.39 is 46.6 Å². The third-order valence-corrected chi connectivity index (χ3v) is 3.80. The highest BCUT2D eigenvalue weighted by Gasteiger charge is 2.42. The minimum Gasteiger partial charge on any atom is -0.317 e. The molecule has 2 nitrogen and oxygen atoms in total. The van der Waals surface area contributed by atoms with Gasteiger partial charge in [-0.2, -0.15) is 13.2 Å². The van der Waals surface area contributed by atoms with E-state index in [1.165, 1.54) is 12.1 Å².